The van der Waals surface area contributed by atoms with Crippen LogP contribution in [-0.4, -0.2) is 49.1 Å². The van der Waals surface area contributed by atoms with Gasteiger partial charge < -0.3 is 10.6 Å². The van der Waals surface area contributed by atoms with E-state index in [1.54, 1.807) is 0 Å². The van der Waals surface area contributed by atoms with E-state index >= 15 is 0 Å². The van der Waals surface area contributed by atoms with E-state index in [1.807, 2.05) is 0 Å². The third kappa shape index (κ3) is 5.91. The first kappa shape index (κ1) is 16.4. The lowest BCUT2D eigenvalue weighted by Gasteiger charge is -2.34. The number of nitrogens with zero attached hydrogens (tertiary/aromatic N) is 2. The molecule has 0 radical (unpaired) electrons. The summed E-state index contributed by atoms with van der Waals surface area (Å²) in [6, 6.07) is 10.8. The number of hydrogen-bond acceptors (Lipinski definition) is 3. The van der Waals surface area contributed by atoms with Crippen molar-refractivity contribution in [3.8, 4) is 0 Å². The highest BCUT2D eigenvalue weighted by Crippen LogP contribution is 2.08. The molecular weight excluding hydrogens is 258 g/mol. The standard InChI is InChI=1S/C15H25N3.ClH/c16-8-4-5-9-17-10-12-18(13-11-17)14-15-6-2-1-3-7-15;/h1-3,6-7H,4-5,8-14,16H2;1H. The average molecular weight is 284 g/mol. The maximum absolute atomic E-state index is 5.53. The van der Waals surface area contributed by atoms with Crippen molar-refractivity contribution in [1.29, 1.82) is 0 Å². The molecule has 3 nitrogen and oxygen atoms in total. The largest absolute Gasteiger partial charge is 0.330 e. The van der Waals surface area contributed by atoms with Crippen molar-refractivity contribution in [2.75, 3.05) is 39.3 Å². The fourth-order valence-electron chi connectivity index (χ4n) is 2.49. The normalized spacial score (nSPS) is 17.1. The minimum Gasteiger partial charge on any atom is -0.330 e. The van der Waals surface area contributed by atoms with Gasteiger partial charge in [-0.25, -0.2) is 0 Å². The van der Waals surface area contributed by atoms with Gasteiger partial charge in [0.05, 0.1) is 0 Å². The molecule has 1 heterocycles. The van der Waals surface area contributed by atoms with Gasteiger partial charge in [0.15, 0.2) is 0 Å². The summed E-state index contributed by atoms with van der Waals surface area (Å²) >= 11 is 0. The number of benzene rings is 1. The van der Waals surface area contributed by atoms with Crippen molar-refractivity contribution in [1.82, 2.24) is 9.80 Å². The molecule has 2 rings (SSSR count). The van der Waals surface area contributed by atoms with Crippen LogP contribution >= 0.6 is 12.4 Å². The third-order valence-electron chi connectivity index (χ3n) is 3.64. The molecule has 19 heavy (non-hydrogen) atoms. The molecule has 0 aromatic heterocycles. The monoisotopic (exact) mass is 283 g/mol. The molecule has 108 valence electrons. The van der Waals surface area contributed by atoms with Gasteiger partial charge in [0.25, 0.3) is 0 Å². The number of hydrogen-bond donors (Lipinski definition) is 1. The second kappa shape index (κ2) is 9.32. The first-order chi connectivity index (χ1) is 8.88. The van der Waals surface area contributed by atoms with E-state index in [9.17, 15) is 0 Å². The Bertz CT molecular complexity index is 323. The van der Waals surface area contributed by atoms with Crippen molar-refractivity contribution >= 4 is 12.4 Å². The van der Waals surface area contributed by atoms with Crippen molar-refractivity contribution < 1.29 is 0 Å². The summed E-state index contributed by atoms with van der Waals surface area (Å²) in [5.74, 6) is 0. The van der Waals surface area contributed by atoms with Crippen molar-refractivity contribution in [3.05, 3.63) is 35.9 Å². The topological polar surface area (TPSA) is 32.5 Å². The van der Waals surface area contributed by atoms with E-state index in [2.05, 4.69) is 40.1 Å². The number of nitrogens with two attached hydrogens (primary N) is 1. The Labute approximate surface area is 123 Å². The summed E-state index contributed by atoms with van der Waals surface area (Å²) in [7, 11) is 0. The molecule has 1 aliphatic heterocycles. The molecule has 0 amide bonds. The van der Waals surface area contributed by atoms with Gasteiger partial charge in [-0.15, -0.1) is 12.4 Å². The molecule has 0 unspecified atom stereocenters. The second-order valence-electron chi connectivity index (χ2n) is 5.10. The van der Waals surface area contributed by atoms with Gasteiger partial charge in [0.2, 0.25) is 0 Å². The molecule has 0 atom stereocenters. The van der Waals surface area contributed by atoms with E-state index in [4.69, 9.17) is 5.73 Å². The highest BCUT2D eigenvalue weighted by atomic mass is 35.5. The lowest BCUT2D eigenvalue weighted by molar-refractivity contribution is 0.126. The summed E-state index contributed by atoms with van der Waals surface area (Å²) in [6.07, 6.45) is 2.40. The van der Waals surface area contributed by atoms with E-state index in [-0.39, 0.29) is 12.4 Å². The fourth-order valence-corrected chi connectivity index (χ4v) is 2.49. The Morgan fingerprint density at radius 1 is 0.895 bits per heavy atom. The number of piperazine rings is 1. The quantitative estimate of drug-likeness (QED) is 0.810. The molecule has 1 saturated heterocycles. The van der Waals surface area contributed by atoms with Crippen LogP contribution in [-0.2, 0) is 6.54 Å². The Kier molecular flexibility index (Phi) is 8.07. The molecule has 0 bridgehead atoms. The summed E-state index contributed by atoms with van der Waals surface area (Å²) in [5.41, 5.74) is 6.95. The molecule has 0 aliphatic carbocycles. The Hall–Kier alpha value is -0.610. The molecule has 1 aliphatic rings. The zero-order valence-electron chi connectivity index (χ0n) is 11.6. The van der Waals surface area contributed by atoms with Gasteiger partial charge in [-0.2, -0.15) is 0 Å². The highest BCUT2D eigenvalue weighted by Gasteiger charge is 2.16. The summed E-state index contributed by atoms with van der Waals surface area (Å²) < 4.78 is 0. The van der Waals surface area contributed by atoms with Crippen LogP contribution in [0.25, 0.3) is 0 Å². The minimum absolute atomic E-state index is 0. The highest BCUT2D eigenvalue weighted by molar-refractivity contribution is 5.85. The SMILES string of the molecule is Cl.NCCCCN1CCN(Cc2ccccc2)CC1. The first-order valence-electron chi connectivity index (χ1n) is 7.07. The zero-order chi connectivity index (χ0) is 12.6. The van der Waals surface area contributed by atoms with E-state index in [1.165, 1.54) is 44.7 Å². The molecule has 4 heteroatoms. The molecule has 1 aromatic carbocycles. The summed E-state index contributed by atoms with van der Waals surface area (Å²) in [4.78, 5) is 5.12. The summed E-state index contributed by atoms with van der Waals surface area (Å²) in [5, 5.41) is 0. The molecule has 2 N–H and O–H groups in total. The maximum atomic E-state index is 5.53. The fraction of sp³-hybridized carbons (Fsp3) is 0.600. The van der Waals surface area contributed by atoms with Crippen LogP contribution in [0.1, 0.15) is 18.4 Å². The average Bonchev–Trinajstić information content (AvgIpc) is 2.42. The summed E-state index contributed by atoms with van der Waals surface area (Å²) in [6.45, 7) is 7.94. The first-order valence-corrected chi connectivity index (χ1v) is 7.07. The lowest BCUT2D eigenvalue weighted by Crippen LogP contribution is -2.46. The van der Waals surface area contributed by atoms with Crippen LogP contribution in [0.2, 0.25) is 0 Å². The van der Waals surface area contributed by atoms with Gasteiger partial charge in [0, 0.05) is 32.7 Å². The predicted molar refractivity (Wildman–Crippen MR) is 83.7 cm³/mol. The molecule has 0 spiro atoms. The van der Waals surface area contributed by atoms with Crippen molar-refractivity contribution in [2.24, 2.45) is 5.73 Å². The van der Waals surface area contributed by atoms with E-state index in [0.29, 0.717) is 0 Å². The predicted octanol–water partition coefficient (Wildman–Crippen LogP) is 1.96. The lowest BCUT2D eigenvalue weighted by atomic mass is 10.2. The van der Waals surface area contributed by atoms with Crippen LogP contribution < -0.4 is 5.73 Å². The van der Waals surface area contributed by atoms with Crippen molar-refractivity contribution in [3.63, 3.8) is 0 Å². The molecule has 1 fully saturated rings. The van der Waals surface area contributed by atoms with Gasteiger partial charge in [0.1, 0.15) is 0 Å². The van der Waals surface area contributed by atoms with Gasteiger partial charge in [-0.05, 0) is 31.5 Å². The third-order valence-corrected chi connectivity index (χ3v) is 3.64. The molecular formula is C15H26ClN3. The minimum atomic E-state index is 0. The van der Waals surface area contributed by atoms with Gasteiger partial charge >= 0.3 is 0 Å². The van der Waals surface area contributed by atoms with Crippen LogP contribution in [0.15, 0.2) is 30.3 Å². The van der Waals surface area contributed by atoms with E-state index < -0.39 is 0 Å². The number of rotatable bonds is 6. The van der Waals surface area contributed by atoms with Gasteiger partial charge in [-0.3, -0.25) is 4.90 Å². The smallest absolute Gasteiger partial charge is 0.0234 e. The Morgan fingerprint density at radius 3 is 2.16 bits per heavy atom. The van der Waals surface area contributed by atoms with Crippen LogP contribution in [0.4, 0.5) is 0 Å². The number of halogens is 1. The Morgan fingerprint density at radius 2 is 1.53 bits per heavy atom. The van der Waals surface area contributed by atoms with Crippen LogP contribution in [0.3, 0.4) is 0 Å². The zero-order valence-corrected chi connectivity index (χ0v) is 12.4. The van der Waals surface area contributed by atoms with Crippen LogP contribution in [0, 0.1) is 0 Å². The maximum Gasteiger partial charge on any atom is 0.0234 e. The molecule has 1 aromatic rings. The second-order valence-corrected chi connectivity index (χ2v) is 5.10. The van der Waals surface area contributed by atoms with E-state index in [0.717, 1.165) is 19.5 Å². The number of unbranched alkanes of at least 4 members (excludes halogenated alkanes) is 1. The Balaban J connectivity index is 0.00000180. The van der Waals surface area contributed by atoms with Crippen molar-refractivity contribution in [2.45, 2.75) is 19.4 Å². The van der Waals surface area contributed by atoms with Crippen LogP contribution in [0.5, 0.6) is 0 Å². The van der Waals surface area contributed by atoms with Gasteiger partial charge in [-0.1, -0.05) is 30.3 Å². The molecule has 0 saturated carbocycles.